The summed E-state index contributed by atoms with van der Waals surface area (Å²) >= 11 is 3.57. The number of aldehydes is 1. The zero-order valence-corrected chi connectivity index (χ0v) is 10.3. The molecule has 0 saturated carbocycles. The molecule has 1 aromatic rings. The van der Waals surface area contributed by atoms with Crippen LogP contribution < -0.4 is 4.90 Å². The number of hydrogen-bond acceptors (Lipinski definition) is 2. The minimum absolute atomic E-state index is 0.348. The highest BCUT2D eigenvalue weighted by molar-refractivity contribution is 9.10. The Labute approximate surface area is 98.4 Å². The fraction of sp³-hybridized carbons (Fsp3) is 0.417. The molecule has 0 amide bonds. The van der Waals surface area contributed by atoms with Crippen LogP contribution in [-0.2, 0) is 11.2 Å². The molecule has 1 aliphatic rings. The normalized spacial score (nSPS) is 19.1. The Hall–Kier alpha value is -0.830. The van der Waals surface area contributed by atoms with Crippen LogP contribution in [0.2, 0.25) is 0 Å². The molecular weight excluding hydrogens is 254 g/mol. The molecule has 2 rings (SSSR count). The summed E-state index contributed by atoms with van der Waals surface area (Å²) in [7, 11) is 0. The van der Waals surface area contributed by atoms with E-state index in [0.717, 1.165) is 23.7 Å². The first-order valence-corrected chi connectivity index (χ1v) is 6.05. The van der Waals surface area contributed by atoms with E-state index in [0.29, 0.717) is 12.5 Å². The second kappa shape index (κ2) is 4.35. The third kappa shape index (κ3) is 1.81. The number of nitrogens with zero attached hydrogens (tertiary/aromatic N) is 1. The largest absolute Gasteiger partial charge is 0.368 e. The van der Waals surface area contributed by atoms with Crippen molar-refractivity contribution in [1.29, 1.82) is 0 Å². The van der Waals surface area contributed by atoms with Crippen LogP contribution in [0.25, 0.3) is 0 Å². The first-order valence-electron chi connectivity index (χ1n) is 5.25. The summed E-state index contributed by atoms with van der Waals surface area (Å²) in [4.78, 5) is 12.9. The highest BCUT2D eigenvalue weighted by atomic mass is 79.9. The van der Waals surface area contributed by atoms with Gasteiger partial charge < -0.3 is 9.69 Å². The molecule has 3 heteroatoms. The zero-order chi connectivity index (χ0) is 10.8. The molecule has 0 fully saturated rings. The Morgan fingerprint density at radius 2 is 2.40 bits per heavy atom. The molecule has 80 valence electrons. The van der Waals surface area contributed by atoms with Gasteiger partial charge in [-0.2, -0.15) is 0 Å². The summed E-state index contributed by atoms with van der Waals surface area (Å²) in [6.45, 7) is 3.09. The van der Waals surface area contributed by atoms with Crippen molar-refractivity contribution in [3.8, 4) is 0 Å². The Balaban J connectivity index is 2.36. The van der Waals surface area contributed by atoms with Crippen molar-refractivity contribution in [2.24, 2.45) is 0 Å². The van der Waals surface area contributed by atoms with E-state index < -0.39 is 0 Å². The van der Waals surface area contributed by atoms with Crippen LogP contribution in [0.3, 0.4) is 0 Å². The molecule has 0 spiro atoms. The van der Waals surface area contributed by atoms with Crippen molar-refractivity contribution < 1.29 is 4.79 Å². The second-order valence-electron chi connectivity index (χ2n) is 3.78. The van der Waals surface area contributed by atoms with Crippen LogP contribution >= 0.6 is 15.9 Å². The van der Waals surface area contributed by atoms with Crippen molar-refractivity contribution >= 4 is 27.9 Å². The van der Waals surface area contributed by atoms with Gasteiger partial charge in [-0.15, -0.1) is 0 Å². The number of likely N-dealkylation sites (N-methyl/N-ethyl adjacent to an activating group) is 1. The highest BCUT2D eigenvalue weighted by Gasteiger charge is 2.28. The monoisotopic (exact) mass is 267 g/mol. The van der Waals surface area contributed by atoms with Gasteiger partial charge in [-0.3, -0.25) is 0 Å². The van der Waals surface area contributed by atoms with Gasteiger partial charge in [0.25, 0.3) is 0 Å². The van der Waals surface area contributed by atoms with Crippen LogP contribution in [0.15, 0.2) is 22.7 Å². The summed E-state index contributed by atoms with van der Waals surface area (Å²) in [5.41, 5.74) is 2.62. The lowest BCUT2D eigenvalue weighted by molar-refractivity contribution is -0.108. The molecule has 0 bridgehead atoms. The summed E-state index contributed by atoms with van der Waals surface area (Å²) < 4.78 is 1.16. The first kappa shape index (κ1) is 10.7. The van der Waals surface area contributed by atoms with Gasteiger partial charge in [-0.25, -0.2) is 0 Å². The zero-order valence-electron chi connectivity index (χ0n) is 8.74. The van der Waals surface area contributed by atoms with Gasteiger partial charge in [-0.1, -0.05) is 22.0 Å². The maximum Gasteiger partial charge on any atom is 0.122 e. The Morgan fingerprint density at radius 3 is 3.07 bits per heavy atom. The van der Waals surface area contributed by atoms with E-state index in [9.17, 15) is 4.79 Å². The number of anilines is 1. The number of benzene rings is 1. The number of carbonyl (C=O) groups is 1. The van der Waals surface area contributed by atoms with E-state index >= 15 is 0 Å². The topological polar surface area (TPSA) is 20.3 Å². The first-order chi connectivity index (χ1) is 7.27. The minimum atomic E-state index is 0.348. The van der Waals surface area contributed by atoms with Crippen LogP contribution in [0.1, 0.15) is 18.9 Å². The predicted octanol–water partition coefficient (Wildman–Crippen LogP) is 2.79. The van der Waals surface area contributed by atoms with E-state index in [1.807, 2.05) is 0 Å². The minimum Gasteiger partial charge on any atom is -0.368 e. The molecule has 0 N–H and O–H groups in total. The Bertz CT molecular complexity index is 378. The van der Waals surface area contributed by atoms with Gasteiger partial charge in [0.15, 0.2) is 0 Å². The SMILES string of the molecule is CCN1c2cccc(Br)c2CC1CC=O. The van der Waals surface area contributed by atoms with Crippen molar-refractivity contribution in [2.75, 3.05) is 11.4 Å². The summed E-state index contributed by atoms with van der Waals surface area (Å²) in [5.74, 6) is 0. The number of halogens is 1. The maximum absolute atomic E-state index is 10.6. The number of carbonyl (C=O) groups excluding carboxylic acids is 1. The summed E-state index contributed by atoms with van der Waals surface area (Å²) in [6, 6.07) is 6.60. The fourth-order valence-electron chi connectivity index (χ4n) is 2.31. The molecule has 2 nitrogen and oxygen atoms in total. The number of rotatable bonds is 3. The third-order valence-electron chi connectivity index (χ3n) is 2.99. The van der Waals surface area contributed by atoms with E-state index in [4.69, 9.17) is 0 Å². The van der Waals surface area contributed by atoms with Crippen molar-refractivity contribution in [3.63, 3.8) is 0 Å². The maximum atomic E-state index is 10.6. The Morgan fingerprint density at radius 1 is 1.60 bits per heavy atom. The van der Waals surface area contributed by atoms with Gasteiger partial charge in [0, 0.05) is 29.2 Å². The van der Waals surface area contributed by atoms with Gasteiger partial charge in [0.1, 0.15) is 6.29 Å². The molecule has 1 atom stereocenters. The summed E-state index contributed by atoms with van der Waals surface area (Å²) in [6.07, 6.45) is 2.62. The van der Waals surface area contributed by atoms with Crippen LogP contribution in [0, 0.1) is 0 Å². The van der Waals surface area contributed by atoms with E-state index in [-0.39, 0.29) is 0 Å². The number of hydrogen-bond donors (Lipinski definition) is 0. The fourth-order valence-corrected chi connectivity index (χ4v) is 2.83. The van der Waals surface area contributed by atoms with Gasteiger partial charge in [-0.05, 0) is 31.0 Å². The lowest BCUT2D eigenvalue weighted by Crippen LogP contribution is -2.31. The molecule has 0 radical (unpaired) electrons. The molecule has 0 aromatic heterocycles. The van der Waals surface area contributed by atoms with Gasteiger partial charge in [0.2, 0.25) is 0 Å². The van der Waals surface area contributed by atoms with Crippen molar-refractivity contribution in [2.45, 2.75) is 25.8 Å². The highest BCUT2D eigenvalue weighted by Crippen LogP contribution is 2.37. The lowest BCUT2D eigenvalue weighted by atomic mass is 10.1. The van der Waals surface area contributed by atoms with Crippen molar-refractivity contribution in [1.82, 2.24) is 0 Å². The van der Waals surface area contributed by atoms with E-state index in [1.165, 1.54) is 11.3 Å². The molecule has 0 aliphatic carbocycles. The molecule has 15 heavy (non-hydrogen) atoms. The van der Waals surface area contributed by atoms with Crippen LogP contribution in [0.4, 0.5) is 5.69 Å². The third-order valence-corrected chi connectivity index (χ3v) is 3.74. The average molecular weight is 268 g/mol. The van der Waals surface area contributed by atoms with Crippen molar-refractivity contribution in [3.05, 3.63) is 28.2 Å². The summed E-state index contributed by atoms with van der Waals surface area (Å²) in [5, 5.41) is 0. The molecule has 1 aliphatic heterocycles. The van der Waals surface area contributed by atoms with Gasteiger partial charge >= 0.3 is 0 Å². The standard InChI is InChI=1S/C12H14BrNO/c1-2-14-9(6-7-15)8-10-11(13)4-3-5-12(10)14/h3-5,7,9H,2,6,8H2,1H3. The average Bonchev–Trinajstić information content (AvgIpc) is 2.58. The second-order valence-corrected chi connectivity index (χ2v) is 4.64. The smallest absolute Gasteiger partial charge is 0.122 e. The molecule has 1 aromatic carbocycles. The molecule has 0 saturated heterocycles. The van der Waals surface area contributed by atoms with Crippen LogP contribution in [0.5, 0.6) is 0 Å². The Kier molecular flexibility index (Phi) is 3.10. The van der Waals surface area contributed by atoms with E-state index in [1.54, 1.807) is 0 Å². The number of fused-ring (bicyclic) bond motifs is 1. The lowest BCUT2D eigenvalue weighted by Gasteiger charge is -2.24. The molecular formula is C12H14BrNO. The van der Waals surface area contributed by atoms with Crippen LogP contribution in [-0.4, -0.2) is 18.9 Å². The molecule has 1 unspecified atom stereocenters. The molecule has 1 heterocycles. The van der Waals surface area contributed by atoms with E-state index in [2.05, 4.69) is 46.0 Å². The van der Waals surface area contributed by atoms with Gasteiger partial charge in [0.05, 0.1) is 0 Å². The predicted molar refractivity (Wildman–Crippen MR) is 65.3 cm³/mol. The quantitative estimate of drug-likeness (QED) is 0.786.